The lowest BCUT2D eigenvalue weighted by Gasteiger charge is -2.04. The molecule has 0 amide bonds. The van der Waals surface area contributed by atoms with Crippen molar-refractivity contribution < 1.29 is 14.3 Å². The van der Waals surface area contributed by atoms with Crippen molar-refractivity contribution in [3.05, 3.63) is 35.9 Å². The fourth-order valence-corrected chi connectivity index (χ4v) is 2.10. The van der Waals surface area contributed by atoms with Gasteiger partial charge in [0.15, 0.2) is 5.58 Å². The zero-order valence-electron chi connectivity index (χ0n) is 11.2. The van der Waals surface area contributed by atoms with Gasteiger partial charge in [-0.25, -0.2) is 0 Å². The van der Waals surface area contributed by atoms with E-state index in [1.165, 1.54) is 12.5 Å². The Morgan fingerprint density at radius 3 is 2.85 bits per heavy atom. The number of fused-ring (bicyclic) bond motifs is 2. The van der Waals surface area contributed by atoms with Crippen LogP contribution in [0.5, 0.6) is 0 Å². The van der Waals surface area contributed by atoms with Crippen LogP contribution in [-0.4, -0.2) is 22.1 Å². The summed E-state index contributed by atoms with van der Waals surface area (Å²) in [6, 6.07) is 9.47. The highest BCUT2D eigenvalue weighted by Gasteiger charge is 2.14. The minimum Gasteiger partial charge on any atom is -0.480 e. The fourth-order valence-electron chi connectivity index (χ4n) is 2.10. The zero-order chi connectivity index (χ0) is 14.3. The molecule has 0 saturated carbocycles. The number of nitrogens with one attached hydrogen (secondary N) is 1. The second-order valence-corrected chi connectivity index (χ2v) is 4.89. The molecule has 0 bridgehead atoms. The summed E-state index contributed by atoms with van der Waals surface area (Å²) in [4.78, 5) is 15.1. The van der Waals surface area contributed by atoms with E-state index in [9.17, 15) is 4.79 Å². The summed E-state index contributed by atoms with van der Waals surface area (Å²) in [6.07, 6.45) is 0. The van der Waals surface area contributed by atoms with Gasteiger partial charge in [-0.1, -0.05) is 23.8 Å². The van der Waals surface area contributed by atoms with Gasteiger partial charge in [-0.2, -0.15) is 4.98 Å². The molecule has 1 atom stereocenters. The van der Waals surface area contributed by atoms with Crippen LogP contribution in [0.2, 0.25) is 0 Å². The van der Waals surface area contributed by atoms with Crippen molar-refractivity contribution >= 4 is 33.9 Å². The van der Waals surface area contributed by atoms with Crippen LogP contribution in [0.1, 0.15) is 12.5 Å². The summed E-state index contributed by atoms with van der Waals surface area (Å²) in [5.74, 6) is -0.951. The summed E-state index contributed by atoms with van der Waals surface area (Å²) < 4.78 is 5.54. The Morgan fingerprint density at radius 2 is 2.10 bits per heavy atom. The lowest BCUT2D eigenvalue weighted by molar-refractivity contribution is -0.137. The quantitative estimate of drug-likeness (QED) is 0.764. The third kappa shape index (κ3) is 2.18. The van der Waals surface area contributed by atoms with Crippen LogP contribution >= 0.6 is 0 Å². The molecule has 5 nitrogen and oxygen atoms in total. The van der Waals surface area contributed by atoms with E-state index in [0.29, 0.717) is 11.1 Å². The second kappa shape index (κ2) is 4.52. The van der Waals surface area contributed by atoms with Crippen LogP contribution in [0.15, 0.2) is 34.7 Å². The van der Waals surface area contributed by atoms with E-state index >= 15 is 0 Å². The number of carboxylic acid groups (broad SMARTS) is 1. The molecule has 2 aromatic carbocycles. The molecular weight excluding hydrogens is 256 g/mol. The van der Waals surface area contributed by atoms with Gasteiger partial charge in [-0.05, 0) is 36.8 Å². The molecule has 0 aliphatic carbocycles. The van der Waals surface area contributed by atoms with Crippen LogP contribution in [0.25, 0.3) is 21.9 Å². The average molecular weight is 270 g/mol. The fraction of sp³-hybridized carbons (Fsp3) is 0.200. The van der Waals surface area contributed by atoms with E-state index in [1.54, 1.807) is 0 Å². The average Bonchev–Trinajstić information content (AvgIpc) is 2.76. The van der Waals surface area contributed by atoms with Gasteiger partial charge in [-0.15, -0.1) is 0 Å². The lowest BCUT2D eigenvalue weighted by atomic mass is 10.1. The van der Waals surface area contributed by atoms with Crippen LogP contribution < -0.4 is 5.32 Å². The molecule has 1 heterocycles. The Labute approximate surface area is 115 Å². The van der Waals surface area contributed by atoms with Gasteiger partial charge in [0.05, 0.1) is 0 Å². The number of carbonyl (C=O) groups is 1. The molecule has 3 aromatic rings. The molecule has 1 aromatic heterocycles. The third-order valence-corrected chi connectivity index (χ3v) is 3.21. The Hall–Kier alpha value is -2.56. The zero-order valence-corrected chi connectivity index (χ0v) is 11.2. The van der Waals surface area contributed by atoms with Crippen LogP contribution in [0.3, 0.4) is 0 Å². The standard InChI is InChI=1S/C15H14N2O3/c1-8-3-4-10-7-13-12(6-11(10)5-8)17-15(20-13)16-9(2)14(18)19/h3-7,9H,1-2H3,(H,16,17)(H,18,19)/t9-/m1/s1. The largest absolute Gasteiger partial charge is 0.480 e. The Kier molecular flexibility index (Phi) is 2.82. The maximum atomic E-state index is 10.8. The number of rotatable bonds is 3. The minimum atomic E-state index is -0.951. The van der Waals surface area contributed by atoms with E-state index < -0.39 is 12.0 Å². The monoisotopic (exact) mass is 270 g/mol. The van der Waals surface area contributed by atoms with E-state index in [1.807, 2.05) is 31.2 Å². The number of aryl methyl sites for hydroxylation is 1. The van der Waals surface area contributed by atoms with E-state index in [0.717, 1.165) is 10.8 Å². The molecule has 20 heavy (non-hydrogen) atoms. The number of aromatic nitrogens is 1. The van der Waals surface area contributed by atoms with Gasteiger partial charge in [0, 0.05) is 0 Å². The summed E-state index contributed by atoms with van der Waals surface area (Å²) in [7, 11) is 0. The number of anilines is 1. The van der Waals surface area contributed by atoms with Gasteiger partial charge >= 0.3 is 5.97 Å². The van der Waals surface area contributed by atoms with Crippen LogP contribution in [0.4, 0.5) is 6.01 Å². The van der Waals surface area contributed by atoms with Crippen LogP contribution in [-0.2, 0) is 4.79 Å². The molecular formula is C15H14N2O3. The second-order valence-electron chi connectivity index (χ2n) is 4.89. The van der Waals surface area contributed by atoms with Crippen LogP contribution in [0, 0.1) is 6.92 Å². The summed E-state index contributed by atoms with van der Waals surface area (Å²) in [5, 5.41) is 13.7. The molecule has 0 spiro atoms. The number of benzene rings is 2. The van der Waals surface area contributed by atoms with Crippen molar-refractivity contribution in [3.63, 3.8) is 0 Å². The van der Waals surface area contributed by atoms with Crippen molar-refractivity contribution in [2.75, 3.05) is 5.32 Å². The molecule has 3 rings (SSSR count). The molecule has 0 aliphatic heterocycles. The number of hydrogen-bond acceptors (Lipinski definition) is 4. The number of oxazole rings is 1. The maximum absolute atomic E-state index is 10.8. The molecule has 102 valence electrons. The SMILES string of the molecule is Cc1ccc2cc3oc(N[C@H](C)C(=O)O)nc3cc2c1. The number of nitrogens with zero attached hydrogens (tertiary/aromatic N) is 1. The van der Waals surface area contributed by atoms with E-state index in [4.69, 9.17) is 9.52 Å². The highest BCUT2D eigenvalue weighted by Crippen LogP contribution is 2.26. The Balaban J connectivity index is 2.06. The first-order chi connectivity index (χ1) is 9.52. The topological polar surface area (TPSA) is 75.4 Å². The number of carboxylic acids is 1. The van der Waals surface area contributed by atoms with Crippen molar-refractivity contribution in [3.8, 4) is 0 Å². The third-order valence-electron chi connectivity index (χ3n) is 3.21. The van der Waals surface area contributed by atoms with Gasteiger partial charge in [0.25, 0.3) is 6.01 Å². The highest BCUT2D eigenvalue weighted by atomic mass is 16.4. The Morgan fingerprint density at radius 1 is 1.30 bits per heavy atom. The van der Waals surface area contributed by atoms with Gasteiger partial charge in [0.1, 0.15) is 11.6 Å². The normalized spacial score (nSPS) is 12.7. The van der Waals surface area contributed by atoms with Crippen molar-refractivity contribution in [1.29, 1.82) is 0 Å². The Bertz CT molecular complexity index is 807. The smallest absolute Gasteiger partial charge is 0.325 e. The molecule has 5 heteroatoms. The van der Waals surface area contributed by atoms with Gasteiger partial charge in [0.2, 0.25) is 0 Å². The molecule has 0 saturated heterocycles. The molecule has 0 unspecified atom stereocenters. The first-order valence-electron chi connectivity index (χ1n) is 6.33. The predicted octanol–water partition coefficient (Wildman–Crippen LogP) is 3.17. The van der Waals surface area contributed by atoms with Crippen molar-refractivity contribution in [2.24, 2.45) is 0 Å². The predicted molar refractivity (Wildman–Crippen MR) is 77.0 cm³/mol. The molecule has 0 radical (unpaired) electrons. The maximum Gasteiger partial charge on any atom is 0.325 e. The van der Waals surface area contributed by atoms with E-state index in [2.05, 4.69) is 16.4 Å². The minimum absolute atomic E-state index is 0.224. The molecule has 2 N–H and O–H groups in total. The van der Waals surface area contributed by atoms with Crippen molar-refractivity contribution in [1.82, 2.24) is 4.98 Å². The summed E-state index contributed by atoms with van der Waals surface area (Å²) in [5.41, 5.74) is 2.53. The summed E-state index contributed by atoms with van der Waals surface area (Å²) >= 11 is 0. The molecule has 0 aliphatic rings. The van der Waals surface area contributed by atoms with Gasteiger partial charge in [-0.3, -0.25) is 4.79 Å². The van der Waals surface area contributed by atoms with Gasteiger partial charge < -0.3 is 14.8 Å². The summed E-state index contributed by atoms with van der Waals surface area (Å²) in [6.45, 7) is 3.57. The van der Waals surface area contributed by atoms with E-state index in [-0.39, 0.29) is 6.01 Å². The number of aliphatic carboxylic acids is 1. The lowest BCUT2D eigenvalue weighted by Crippen LogP contribution is -2.25. The molecule has 0 fully saturated rings. The number of hydrogen-bond donors (Lipinski definition) is 2. The highest BCUT2D eigenvalue weighted by molar-refractivity contribution is 5.95. The first kappa shape index (κ1) is 12.5. The van der Waals surface area contributed by atoms with Crippen molar-refractivity contribution in [2.45, 2.75) is 19.9 Å². The first-order valence-corrected chi connectivity index (χ1v) is 6.33.